The number of halogens is 3. The lowest BCUT2D eigenvalue weighted by molar-refractivity contribution is -0.137. The molecule has 0 aromatic heterocycles. The van der Waals surface area contributed by atoms with Crippen molar-refractivity contribution in [3.8, 4) is 0 Å². The van der Waals surface area contributed by atoms with Gasteiger partial charge in [-0.1, -0.05) is 0 Å². The molecule has 0 spiro atoms. The van der Waals surface area contributed by atoms with Crippen LogP contribution in [0.25, 0.3) is 0 Å². The zero-order valence-corrected chi connectivity index (χ0v) is 13.1. The van der Waals surface area contributed by atoms with Gasteiger partial charge in [0.15, 0.2) is 0 Å². The van der Waals surface area contributed by atoms with Gasteiger partial charge in [0.25, 0.3) is 0 Å². The Kier molecular flexibility index (Phi) is 5.70. The van der Waals surface area contributed by atoms with Crippen LogP contribution in [0.3, 0.4) is 0 Å². The summed E-state index contributed by atoms with van der Waals surface area (Å²) >= 11 is 1.35. The summed E-state index contributed by atoms with van der Waals surface area (Å²) in [5.41, 5.74) is -2.16. The second kappa shape index (κ2) is 6.55. The molecule has 2 N–H and O–H groups in total. The van der Waals surface area contributed by atoms with Gasteiger partial charge in [-0.2, -0.15) is 24.9 Å². The third-order valence-electron chi connectivity index (χ3n) is 2.59. The summed E-state index contributed by atoms with van der Waals surface area (Å²) in [4.78, 5) is -0.282. The Labute approximate surface area is 125 Å². The summed E-state index contributed by atoms with van der Waals surface area (Å²) in [6, 6.07) is 3.17. The Morgan fingerprint density at radius 1 is 1.24 bits per heavy atom. The van der Waals surface area contributed by atoms with Crippen molar-refractivity contribution < 1.29 is 26.7 Å². The fraction of sp³-hybridized carbons (Fsp3) is 0.500. The molecule has 9 heteroatoms. The zero-order chi connectivity index (χ0) is 16.3. The van der Waals surface area contributed by atoms with E-state index >= 15 is 0 Å². The molecule has 0 amide bonds. The third-order valence-corrected chi connectivity index (χ3v) is 4.92. The maximum Gasteiger partial charge on any atom is 0.416 e. The first-order valence-corrected chi connectivity index (χ1v) is 8.74. The SMILES string of the molecule is CSC[C@](C)(O)CNS(=O)(=O)c1ccc(C(F)(F)F)cc1. The lowest BCUT2D eigenvalue weighted by atomic mass is 10.1. The Morgan fingerprint density at radius 2 is 1.76 bits per heavy atom. The minimum Gasteiger partial charge on any atom is -0.388 e. The molecule has 0 fully saturated rings. The normalized spacial score (nSPS) is 15.7. The van der Waals surface area contributed by atoms with Gasteiger partial charge in [-0.3, -0.25) is 0 Å². The second-order valence-corrected chi connectivity index (χ2v) is 7.41. The lowest BCUT2D eigenvalue weighted by Crippen LogP contribution is -2.42. The quantitative estimate of drug-likeness (QED) is 0.830. The minimum absolute atomic E-state index is 0.225. The van der Waals surface area contributed by atoms with Crippen molar-refractivity contribution in [3.05, 3.63) is 29.8 Å². The summed E-state index contributed by atoms with van der Waals surface area (Å²) in [6.07, 6.45) is -2.75. The van der Waals surface area contributed by atoms with Crippen LogP contribution in [-0.4, -0.2) is 37.7 Å². The molecule has 4 nitrogen and oxygen atoms in total. The highest BCUT2D eigenvalue weighted by Crippen LogP contribution is 2.29. The highest BCUT2D eigenvalue weighted by molar-refractivity contribution is 7.98. The van der Waals surface area contributed by atoms with Crippen molar-refractivity contribution in [2.75, 3.05) is 18.6 Å². The molecule has 1 aromatic rings. The van der Waals surface area contributed by atoms with Gasteiger partial charge >= 0.3 is 6.18 Å². The number of sulfonamides is 1. The van der Waals surface area contributed by atoms with Crippen LogP contribution in [0.1, 0.15) is 12.5 Å². The molecule has 0 aliphatic carbocycles. The molecular formula is C12H16F3NO3S2. The maximum atomic E-state index is 12.4. The molecule has 1 aromatic carbocycles. The van der Waals surface area contributed by atoms with Crippen LogP contribution in [0.2, 0.25) is 0 Å². The molecule has 0 saturated carbocycles. The van der Waals surface area contributed by atoms with E-state index < -0.39 is 27.4 Å². The van der Waals surface area contributed by atoms with Crippen molar-refractivity contribution in [2.45, 2.75) is 23.6 Å². The van der Waals surface area contributed by atoms with E-state index in [1.54, 1.807) is 6.26 Å². The highest BCUT2D eigenvalue weighted by atomic mass is 32.2. The summed E-state index contributed by atoms with van der Waals surface area (Å²) in [7, 11) is -3.96. The zero-order valence-electron chi connectivity index (χ0n) is 11.4. The van der Waals surface area contributed by atoms with Gasteiger partial charge in [0.1, 0.15) is 0 Å². The van der Waals surface area contributed by atoms with E-state index in [-0.39, 0.29) is 11.4 Å². The van der Waals surface area contributed by atoms with E-state index in [0.29, 0.717) is 17.9 Å². The van der Waals surface area contributed by atoms with Gasteiger partial charge in [-0.15, -0.1) is 0 Å². The number of alkyl halides is 3. The summed E-state index contributed by atoms with van der Waals surface area (Å²) in [5, 5.41) is 9.88. The third kappa shape index (κ3) is 5.50. The second-order valence-electron chi connectivity index (χ2n) is 4.78. The van der Waals surface area contributed by atoms with Crippen LogP contribution in [0.5, 0.6) is 0 Å². The maximum absolute atomic E-state index is 12.4. The van der Waals surface area contributed by atoms with Gasteiger partial charge in [0, 0.05) is 12.3 Å². The van der Waals surface area contributed by atoms with Crippen LogP contribution >= 0.6 is 11.8 Å². The average molecular weight is 343 g/mol. The Bertz CT molecular complexity index is 568. The number of hydrogen-bond acceptors (Lipinski definition) is 4. The summed E-state index contributed by atoms with van der Waals surface area (Å²) in [6.45, 7) is 1.25. The van der Waals surface area contributed by atoms with Crippen molar-refractivity contribution >= 4 is 21.8 Å². The van der Waals surface area contributed by atoms with Crippen LogP contribution in [0.15, 0.2) is 29.2 Å². The first kappa shape index (κ1) is 18.3. The standard InChI is InChI=1S/C12H16F3NO3S2/c1-11(17,8-20-2)7-16-21(18,19)10-5-3-9(4-6-10)12(13,14)15/h3-6,16-17H,7-8H2,1-2H3/t11-/m1/s1. The van der Waals surface area contributed by atoms with Crippen molar-refractivity contribution in [1.82, 2.24) is 4.72 Å². The molecule has 120 valence electrons. The molecule has 1 atom stereocenters. The van der Waals surface area contributed by atoms with E-state index in [4.69, 9.17) is 0 Å². The molecule has 0 aliphatic heterocycles. The molecule has 0 heterocycles. The molecule has 0 radical (unpaired) electrons. The lowest BCUT2D eigenvalue weighted by Gasteiger charge is -2.22. The van der Waals surface area contributed by atoms with Crippen molar-refractivity contribution in [3.63, 3.8) is 0 Å². The fourth-order valence-electron chi connectivity index (χ4n) is 1.52. The summed E-state index contributed by atoms with van der Waals surface area (Å²) < 4.78 is 63.3. The van der Waals surface area contributed by atoms with Crippen molar-refractivity contribution in [1.29, 1.82) is 0 Å². The first-order chi connectivity index (χ1) is 9.48. The molecular weight excluding hydrogens is 327 g/mol. The molecule has 0 bridgehead atoms. The predicted octanol–water partition coefficient (Wildman–Crippen LogP) is 2.10. The number of benzene rings is 1. The topological polar surface area (TPSA) is 66.4 Å². The fourth-order valence-corrected chi connectivity index (χ4v) is 3.40. The molecule has 1 rings (SSSR count). The van der Waals surface area contributed by atoms with Crippen molar-refractivity contribution in [2.24, 2.45) is 0 Å². The van der Waals surface area contributed by atoms with E-state index in [0.717, 1.165) is 12.1 Å². The largest absolute Gasteiger partial charge is 0.416 e. The number of aliphatic hydroxyl groups is 1. The number of nitrogens with one attached hydrogen (secondary N) is 1. The minimum atomic E-state index is -4.52. The van der Waals surface area contributed by atoms with Gasteiger partial charge in [-0.25, -0.2) is 13.1 Å². The Morgan fingerprint density at radius 3 is 2.19 bits per heavy atom. The monoisotopic (exact) mass is 343 g/mol. The number of thioether (sulfide) groups is 1. The van der Waals surface area contributed by atoms with E-state index in [1.165, 1.54) is 18.7 Å². The molecule has 21 heavy (non-hydrogen) atoms. The smallest absolute Gasteiger partial charge is 0.388 e. The summed E-state index contributed by atoms with van der Waals surface area (Å²) in [5.74, 6) is 0.322. The van der Waals surface area contributed by atoms with Crippen LogP contribution in [0.4, 0.5) is 13.2 Å². The van der Waals surface area contributed by atoms with E-state index in [9.17, 15) is 26.7 Å². The van der Waals surface area contributed by atoms with Gasteiger partial charge < -0.3 is 5.11 Å². The Balaban J connectivity index is 2.84. The van der Waals surface area contributed by atoms with Crippen LogP contribution in [-0.2, 0) is 16.2 Å². The van der Waals surface area contributed by atoms with E-state index in [1.807, 2.05) is 0 Å². The van der Waals surface area contributed by atoms with Gasteiger partial charge in [0.05, 0.1) is 16.1 Å². The van der Waals surface area contributed by atoms with E-state index in [2.05, 4.69) is 4.72 Å². The number of rotatable bonds is 6. The van der Waals surface area contributed by atoms with Crippen LogP contribution < -0.4 is 4.72 Å². The first-order valence-electron chi connectivity index (χ1n) is 5.86. The number of hydrogen-bond donors (Lipinski definition) is 2. The molecule has 0 aliphatic rings. The van der Waals surface area contributed by atoms with Gasteiger partial charge in [-0.05, 0) is 37.4 Å². The van der Waals surface area contributed by atoms with Gasteiger partial charge in [0.2, 0.25) is 10.0 Å². The Hall–Kier alpha value is -0.770. The highest BCUT2D eigenvalue weighted by Gasteiger charge is 2.31. The molecule has 0 saturated heterocycles. The molecule has 0 unspecified atom stereocenters. The van der Waals surface area contributed by atoms with Crippen LogP contribution in [0, 0.1) is 0 Å². The predicted molar refractivity (Wildman–Crippen MR) is 75.6 cm³/mol. The average Bonchev–Trinajstić information content (AvgIpc) is 2.36.